The van der Waals surface area contributed by atoms with Gasteiger partial charge in [-0.3, -0.25) is 0 Å². The third kappa shape index (κ3) is 4.71. The number of carbonyl (C=O) groups is 1. The molecule has 1 aromatic heterocycles. The molecule has 0 bridgehead atoms. The van der Waals surface area contributed by atoms with Gasteiger partial charge in [0.1, 0.15) is 0 Å². The van der Waals surface area contributed by atoms with Crippen molar-refractivity contribution in [3.63, 3.8) is 0 Å². The maximum atomic E-state index is 10.3. The van der Waals surface area contributed by atoms with Crippen molar-refractivity contribution in [2.45, 2.75) is 13.1 Å². The highest BCUT2D eigenvalue weighted by Crippen LogP contribution is 1.91. The van der Waals surface area contributed by atoms with Crippen LogP contribution in [0.3, 0.4) is 0 Å². The summed E-state index contributed by atoms with van der Waals surface area (Å²) in [5, 5.41) is 21.9. The third-order valence-electron chi connectivity index (χ3n) is 1.82. The molecule has 0 aromatic carbocycles. The molecule has 0 fully saturated rings. The predicted octanol–water partition coefficient (Wildman–Crippen LogP) is -1.97. The summed E-state index contributed by atoms with van der Waals surface area (Å²) in [6, 6.07) is -0.532. The first-order valence-corrected chi connectivity index (χ1v) is 4.96. The van der Waals surface area contributed by atoms with Crippen LogP contribution in [0.2, 0.25) is 0 Å². The molecule has 1 aromatic rings. The lowest BCUT2D eigenvalue weighted by Crippen LogP contribution is -2.35. The number of hydrogen-bond donors (Lipinski definition) is 4. The van der Waals surface area contributed by atoms with Crippen molar-refractivity contribution in [1.82, 2.24) is 25.6 Å². The average molecular weight is 228 g/mol. The molecular formula is C8H16N6O2. The topological polar surface area (TPSA) is 118 Å². The van der Waals surface area contributed by atoms with E-state index in [9.17, 15) is 4.79 Å². The minimum atomic E-state index is -0.532. The summed E-state index contributed by atoms with van der Waals surface area (Å²) in [5.41, 5.74) is 5.68. The van der Waals surface area contributed by atoms with Crippen LogP contribution < -0.4 is 16.4 Å². The molecule has 8 nitrogen and oxygen atoms in total. The second-order valence-electron chi connectivity index (χ2n) is 3.16. The Balaban J connectivity index is 2.14. The molecule has 0 aliphatic rings. The van der Waals surface area contributed by atoms with Gasteiger partial charge in [-0.05, 0) is 0 Å². The Kier molecular flexibility index (Phi) is 5.23. The molecule has 0 aliphatic heterocycles. The zero-order valence-electron chi connectivity index (χ0n) is 8.89. The van der Waals surface area contributed by atoms with Gasteiger partial charge in [0, 0.05) is 25.8 Å². The Morgan fingerprint density at radius 2 is 2.38 bits per heavy atom. The minimum Gasteiger partial charge on any atom is -0.394 e. The van der Waals surface area contributed by atoms with Gasteiger partial charge in [-0.1, -0.05) is 5.21 Å². The first-order chi connectivity index (χ1) is 7.72. The van der Waals surface area contributed by atoms with E-state index in [1.54, 1.807) is 10.9 Å². The summed E-state index contributed by atoms with van der Waals surface area (Å²) < 4.78 is 1.57. The number of aromatic nitrogens is 3. The fourth-order valence-electron chi connectivity index (χ4n) is 1.12. The Bertz CT molecular complexity index is 326. The molecule has 2 amide bonds. The molecular weight excluding hydrogens is 212 g/mol. The van der Waals surface area contributed by atoms with E-state index in [0.29, 0.717) is 26.2 Å². The lowest BCUT2D eigenvalue weighted by atomic mass is 10.4. The van der Waals surface area contributed by atoms with Crippen LogP contribution in [-0.2, 0) is 13.1 Å². The molecule has 0 radical (unpaired) electrons. The number of aliphatic hydroxyl groups is 1. The second kappa shape index (κ2) is 6.75. The highest BCUT2D eigenvalue weighted by molar-refractivity contribution is 5.71. The van der Waals surface area contributed by atoms with Crippen molar-refractivity contribution in [3.05, 3.63) is 11.9 Å². The number of amides is 2. The van der Waals surface area contributed by atoms with Crippen LogP contribution in [0.15, 0.2) is 6.20 Å². The first kappa shape index (κ1) is 12.4. The van der Waals surface area contributed by atoms with Crippen molar-refractivity contribution in [3.8, 4) is 0 Å². The highest BCUT2D eigenvalue weighted by atomic mass is 16.3. The van der Waals surface area contributed by atoms with Crippen LogP contribution >= 0.6 is 0 Å². The van der Waals surface area contributed by atoms with Crippen LogP contribution in [0.5, 0.6) is 0 Å². The van der Waals surface area contributed by atoms with E-state index in [-0.39, 0.29) is 6.61 Å². The number of hydrogen-bond acceptors (Lipinski definition) is 5. The number of aliphatic hydroxyl groups excluding tert-OH is 1. The van der Waals surface area contributed by atoms with Crippen LogP contribution in [0.4, 0.5) is 4.79 Å². The van der Waals surface area contributed by atoms with E-state index in [1.165, 1.54) is 0 Å². The van der Waals surface area contributed by atoms with Crippen molar-refractivity contribution in [2.24, 2.45) is 5.73 Å². The monoisotopic (exact) mass is 228 g/mol. The molecule has 0 spiro atoms. The van der Waals surface area contributed by atoms with Crippen molar-refractivity contribution >= 4 is 6.03 Å². The number of rotatable bonds is 7. The first-order valence-electron chi connectivity index (χ1n) is 4.96. The number of urea groups is 1. The van der Waals surface area contributed by atoms with Crippen molar-refractivity contribution < 1.29 is 9.90 Å². The Hall–Kier alpha value is -1.67. The van der Waals surface area contributed by atoms with Gasteiger partial charge < -0.3 is 21.5 Å². The fraction of sp³-hybridized carbons (Fsp3) is 0.625. The van der Waals surface area contributed by atoms with E-state index in [0.717, 1.165) is 5.69 Å². The Labute approximate surface area is 92.8 Å². The molecule has 0 aliphatic carbocycles. The van der Waals surface area contributed by atoms with Gasteiger partial charge >= 0.3 is 6.03 Å². The van der Waals surface area contributed by atoms with Gasteiger partial charge in [0.2, 0.25) is 0 Å². The Morgan fingerprint density at radius 3 is 3.06 bits per heavy atom. The summed E-state index contributed by atoms with van der Waals surface area (Å²) >= 11 is 0. The minimum absolute atomic E-state index is 0.0404. The molecule has 0 unspecified atom stereocenters. The number of nitrogens with two attached hydrogens (primary N) is 1. The number of carbonyl (C=O) groups excluding carboxylic acids is 1. The molecule has 5 N–H and O–H groups in total. The number of nitrogens with zero attached hydrogens (tertiary/aromatic N) is 3. The zero-order valence-corrected chi connectivity index (χ0v) is 8.89. The molecule has 90 valence electrons. The van der Waals surface area contributed by atoms with Gasteiger partial charge in [-0.25, -0.2) is 9.48 Å². The van der Waals surface area contributed by atoms with Gasteiger partial charge in [0.15, 0.2) is 0 Å². The van der Waals surface area contributed by atoms with E-state index in [2.05, 4.69) is 20.9 Å². The number of primary amides is 1. The summed E-state index contributed by atoms with van der Waals surface area (Å²) in [7, 11) is 0. The zero-order chi connectivity index (χ0) is 11.8. The predicted molar refractivity (Wildman–Crippen MR) is 56.4 cm³/mol. The Morgan fingerprint density at radius 1 is 1.56 bits per heavy atom. The summed E-state index contributed by atoms with van der Waals surface area (Å²) in [5.74, 6) is 0. The lowest BCUT2D eigenvalue weighted by Gasteiger charge is -2.02. The lowest BCUT2D eigenvalue weighted by molar-refractivity contribution is 0.249. The summed E-state index contributed by atoms with van der Waals surface area (Å²) in [6.07, 6.45) is 1.75. The molecule has 0 atom stereocenters. The smallest absolute Gasteiger partial charge is 0.312 e. The third-order valence-corrected chi connectivity index (χ3v) is 1.82. The molecule has 1 heterocycles. The maximum absolute atomic E-state index is 10.3. The van der Waals surface area contributed by atoms with Crippen molar-refractivity contribution in [1.29, 1.82) is 0 Å². The standard InChI is InChI=1S/C8H16N6O2/c9-8(16)11-2-1-10-5-7-6-14(3-4-15)13-12-7/h6,10,15H,1-5H2,(H3,9,11,16). The van der Waals surface area contributed by atoms with Gasteiger partial charge in [-0.15, -0.1) is 5.10 Å². The summed E-state index contributed by atoms with van der Waals surface area (Å²) in [6.45, 7) is 2.12. The van der Waals surface area contributed by atoms with E-state index in [1.807, 2.05) is 0 Å². The maximum Gasteiger partial charge on any atom is 0.312 e. The van der Waals surface area contributed by atoms with Gasteiger partial charge in [-0.2, -0.15) is 0 Å². The molecule has 0 saturated heterocycles. The SMILES string of the molecule is NC(=O)NCCNCc1cn(CCO)nn1. The van der Waals surface area contributed by atoms with Crippen LogP contribution in [0.1, 0.15) is 5.69 Å². The summed E-state index contributed by atoms with van der Waals surface area (Å²) in [4.78, 5) is 10.3. The normalized spacial score (nSPS) is 10.3. The molecule has 0 saturated carbocycles. The van der Waals surface area contributed by atoms with Crippen molar-refractivity contribution in [2.75, 3.05) is 19.7 Å². The molecule has 8 heteroatoms. The quantitative estimate of drug-likeness (QED) is 0.404. The van der Waals surface area contributed by atoms with E-state index >= 15 is 0 Å². The fourth-order valence-corrected chi connectivity index (χ4v) is 1.12. The highest BCUT2D eigenvalue weighted by Gasteiger charge is 1.99. The average Bonchev–Trinajstić information content (AvgIpc) is 2.65. The molecule has 16 heavy (non-hydrogen) atoms. The van der Waals surface area contributed by atoms with Crippen LogP contribution in [0.25, 0.3) is 0 Å². The number of nitrogens with one attached hydrogen (secondary N) is 2. The largest absolute Gasteiger partial charge is 0.394 e. The second-order valence-corrected chi connectivity index (χ2v) is 3.16. The van der Waals surface area contributed by atoms with E-state index in [4.69, 9.17) is 10.8 Å². The molecule has 1 rings (SSSR count). The van der Waals surface area contributed by atoms with Gasteiger partial charge in [0.25, 0.3) is 0 Å². The van der Waals surface area contributed by atoms with Crippen LogP contribution in [-0.4, -0.2) is 45.8 Å². The van der Waals surface area contributed by atoms with E-state index < -0.39 is 6.03 Å². The van der Waals surface area contributed by atoms with Gasteiger partial charge in [0.05, 0.1) is 18.8 Å². The van der Waals surface area contributed by atoms with Crippen LogP contribution in [0, 0.1) is 0 Å².